The molecule has 2 aromatic rings. The minimum atomic E-state index is -1.48. The Bertz CT molecular complexity index is 684. The van der Waals surface area contributed by atoms with Crippen LogP contribution in [0.3, 0.4) is 0 Å². The Kier molecular flexibility index (Phi) is 3.67. The Morgan fingerprint density at radius 1 is 1.10 bits per heavy atom. The number of halogens is 4. The molecule has 0 aliphatic carbocycles. The number of nitrogens with two attached hydrogens (primary N) is 1. The second-order valence-corrected chi connectivity index (χ2v) is 5.85. The van der Waals surface area contributed by atoms with E-state index in [2.05, 4.69) is 15.9 Å². The van der Waals surface area contributed by atoms with E-state index in [1.54, 1.807) is 6.07 Å². The maximum atomic E-state index is 13.3. The van der Waals surface area contributed by atoms with E-state index in [1.807, 2.05) is 12.1 Å². The number of benzene rings is 2. The van der Waals surface area contributed by atoms with Crippen molar-refractivity contribution in [1.82, 2.24) is 0 Å². The van der Waals surface area contributed by atoms with Gasteiger partial charge in [-0.1, -0.05) is 22.0 Å². The third-order valence-electron chi connectivity index (χ3n) is 3.49. The van der Waals surface area contributed by atoms with E-state index in [1.165, 1.54) is 0 Å². The van der Waals surface area contributed by atoms with Crippen molar-refractivity contribution >= 4 is 15.9 Å². The first-order valence-corrected chi connectivity index (χ1v) is 7.11. The first-order valence-electron chi connectivity index (χ1n) is 6.32. The summed E-state index contributed by atoms with van der Waals surface area (Å²) in [5, 5.41) is 0. The highest BCUT2D eigenvalue weighted by Crippen LogP contribution is 2.41. The lowest BCUT2D eigenvalue weighted by Gasteiger charge is -2.30. The Balaban J connectivity index is 1.99. The van der Waals surface area contributed by atoms with Crippen LogP contribution in [0.25, 0.3) is 0 Å². The Hall–Kier alpha value is -1.53. The van der Waals surface area contributed by atoms with Crippen molar-refractivity contribution < 1.29 is 17.9 Å². The molecule has 1 heterocycles. The molecule has 0 bridgehead atoms. The van der Waals surface area contributed by atoms with Gasteiger partial charge in [0.15, 0.2) is 17.5 Å². The fraction of sp³-hybridized carbons (Fsp3) is 0.200. The molecule has 21 heavy (non-hydrogen) atoms. The third-order valence-corrected chi connectivity index (χ3v) is 3.98. The van der Waals surface area contributed by atoms with E-state index in [0.717, 1.165) is 22.2 Å². The fourth-order valence-electron chi connectivity index (χ4n) is 2.44. The summed E-state index contributed by atoms with van der Waals surface area (Å²) >= 11 is 3.33. The SMILES string of the molecule is N[C@@H]1CC(c2cc(F)c(F)c(F)c2)Oc2cc(Br)ccc21. The first kappa shape index (κ1) is 14.4. The van der Waals surface area contributed by atoms with Crippen LogP contribution >= 0.6 is 15.9 Å². The molecule has 0 amide bonds. The molecular formula is C15H11BrF3NO. The van der Waals surface area contributed by atoms with Gasteiger partial charge in [-0.25, -0.2) is 13.2 Å². The van der Waals surface area contributed by atoms with Crippen molar-refractivity contribution in [3.05, 3.63) is 63.4 Å². The van der Waals surface area contributed by atoms with Crippen LogP contribution in [0.5, 0.6) is 5.75 Å². The summed E-state index contributed by atoms with van der Waals surface area (Å²) in [6.07, 6.45) is -0.259. The summed E-state index contributed by atoms with van der Waals surface area (Å²) in [6.45, 7) is 0. The molecule has 0 radical (unpaired) electrons. The van der Waals surface area contributed by atoms with E-state index < -0.39 is 23.6 Å². The first-order chi connectivity index (χ1) is 9.95. The van der Waals surface area contributed by atoms with E-state index >= 15 is 0 Å². The molecule has 0 saturated carbocycles. The lowest BCUT2D eigenvalue weighted by Crippen LogP contribution is -2.24. The summed E-state index contributed by atoms with van der Waals surface area (Å²) in [5.74, 6) is -3.40. The van der Waals surface area contributed by atoms with Crippen molar-refractivity contribution in [2.24, 2.45) is 5.73 Å². The normalized spacial score (nSPS) is 20.8. The molecule has 0 spiro atoms. The monoisotopic (exact) mass is 357 g/mol. The van der Waals surface area contributed by atoms with Gasteiger partial charge in [0.1, 0.15) is 11.9 Å². The largest absolute Gasteiger partial charge is 0.485 e. The van der Waals surface area contributed by atoms with Gasteiger partial charge in [-0.15, -0.1) is 0 Å². The number of hydrogen-bond acceptors (Lipinski definition) is 2. The number of rotatable bonds is 1. The van der Waals surface area contributed by atoms with Gasteiger partial charge < -0.3 is 10.5 Å². The Labute approximate surface area is 127 Å². The Morgan fingerprint density at radius 3 is 2.43 bits per heavy atom. The number of ether oxygens (including phenoxy) is 1. The van der Waals surface area contributed by atoms with E-state index in [4.69, 9.17) is 10.5 Å². The van der Waals surface area contributed by atoms with Crippen LogP contribution < -0.4 is 10.5 Å². The smallest absolute Gasteiger partial charge is 0.194 e. The van der Waals surface area contributed by atoms with Crippen molar-refractivity contribution in [2.75, 3.05) is 0 Å². The Morgan fingerprint density at radius 2 is 1.76 bits per heavy atom. The molecule has 0 saturated heterocycles. The minimum absolute atomic E-state index is 0.229. The highest BCUT2D eigenvalue weighted by molar-refractivity contribution is 9.10. The quantitative estimate of drug-likeness (QED) is 0.768. The maximum absolute atomic E-state index is 13.3. The summed E-state index contributed by atoms with van der Waals surface area (Å²) < 4.78 is 46.3. The van der Waals surface area contributed by atoms with Gasteiger partial charge in [-0.05, 0) is 29.8 Å². The second-order valence-electron chi connectivity index (χ2n) is 4.93. The maximum Gasteiger partial charge on any atom is 0.194 e. The molecule has 1 aliphatic rings. The van der Waals surface area contributed by atoms with Crippen LogP contribution in [0.2, 0.25) is 0 Å². The van der Waals surface area contributed by atoms with Gasteiger partial charge in [0.25, 0.3) is 0 Å². The molecule has 2 aromatic carbocycles. The van der Waals surface area contributed by atoms with Crippen molar-refractivity contribution in [2.45, 2.75) is 18.6 Å². The highest BCUT2D eigenvalue weighted by Gasteiger charge is 2.28. The molecule has 0 fully saturated rings. The molecule has 6 heteroatoms. The van der Waals surface area contributed by atoms with Gasteiger partial charge in [0, 0.05) is 22.5 Å². The molecule has 1 unspecified atom stereocenters. The average molecular weight is 358 g/mol. The average Bonchev–Trinajstić information content (AvgIpc) is 2.43. The van der Waals surface area contributed by atoms with Gasteiger partial charge in [-0.3, -0.25) is 0 Å². The number of hydrogen-bond donors (Lipinski definition) is 1. The zero-order valence-corrected chi connectivity index (χ0v) is 12.3. The number of fused-ring (bicyclic) bond motifs is 1. The molecule has 0 aromatic heterocycles. The lowest BCUT2D eigenvalue weighted by atomic mass is 9.93. The molecule has 2 nitrogen and oxygen atoms in total. The van der Waals surface area contributed by atoms with Crippen LogP contribution in [0.4, 0.5) is 13.2 Å². The summed E-state index contributed by atoms with van der Waals surface area (Å²) in [4.78, 5) is 0. The van der Waals surface area contributed by atoms with Gasteiger partial charge in [0.05, 0.1) is 0 Å². The predicted octanol–water partition coefficient (Wildman–Crippen LogP) is 4.39. The van der Waals surface area contributed by atoms with Gasteiger partial charge in [-0.2, -0.15) is 0 Å². The highest BCUT2D eigenvalue weighted by atomic mass is 79.9. The zero-order chi connectivity index (χ0) is 15.1. The van der Waals surface area contributed by atoms with Gasteiger partial charge >= 0.3 is 0 Å². The minimum Gasteiger partial charge on any atom is -0.485 e. The van der Waals surface area contributed by atoms with Crippen molar-refractivity contribution in [1.29, 1.82) is 0 Å². The molecule has 2 atom stereocenters. The third kappa shape index (κ3) is 2.65. The van der Waals surface area contributed by atoms with Crippen molar-refractivity contribution in [3.63, 3.8) is 0 Å². The van der Waals surface area contributed by atoms with Crippen LogP contribution in [0, 0.1) is 17.5 Å². The predicted molar refractivity (Wildman–Crippen MR) is 75.4 cm³/mol. The molecule has 3 rings (SSSR count). The molecule has 110 valence electrons. The molecular weight excluding hydrogens is 347 g/mol. The lowest BCUT2D eigenvalue weighted by molar-refractivity contribution is 0.160. The van der Waals surface area contributed by atoms with Crippen molar-refractivity contribution in [3.8, 4) is 5.75 Å². The van der Waals surface area contributed by atoms with Crippen LogP contribution in [-0.4, -0.2) is 0 Å². The molecule has 2 N–H and O–H groups in total. The fourth-order valence-corrected chi connectivity index (χ4v) is 2.78. The topological polar surface area (TPSA) is 35.2 Å². The van der Waals surface area contributed by atoms with E-state index in [-0.39, 0.29) is 11.6 Å². The standard InChI is InChI=1S/C15H11BrF3NO/c16-8-1-2-9-12(20)6-13(21-14(9)5-8)7-3-10(17)15(19)11(18)4-7/h1-5,12-13H,6,20H2/t12-,13?/m1/s1. The van der Waals surface area contributed by atoms with E-state index in [9.17, 15) is 13.2 Å². The van der Waals surface area contributed by atoms with Crippen LogP contribution in [-0.2, 0) is 0 Å². The summed E-state index contributed by atoms with van der Waals surface area (Å²) in [5.41, 5.74) is 7.13. The molecule has 1 aliphatic heterocycles. The second kappa shape index (κ2) is 5.35. The van der Waals surface area contributed by atoms with E-state index in [0.29, 0.717) is 12.2 Å². The summed E-state index contributed by atoms with van der Waals surface area (Å²) in [7, 11) is 0. The summed E-state index contributed by atoms with van der Waals surface area (Å²) in [6, 6.07) is 7.00. The van der Waals surface area contributed by atoms with Gasteiger partial charge in [0.2, 0.25) is 0 Å². The zero-order valence-electron chi connectivity index (χ0n) is 10.7. The van der Waals surface area contributed by atoms with Crippen LogP contribution in [0.1, 0.15) is 29.7 Å². The van der Waals surface area contributed by atoms with Crippen LogP contribution in [0.15, 0.2) is 34.8 Å².